The van der Waals surface area contributed by atoms with E-state index in [9.17, 15) is 24.9 Å². The van der Waals surface area contributed by atoms with Gasteiger partial charge in [-0.15, -0.1) is 0 Å². The quantitative estimate of drug-likeness (QED) is 0.484. The lowest BCUT2D eigenvalue weighted by Crippen LogP contribution is -2.49. The number of hydrogen-bond donors (Lipinski definition) is 3. The number of aliphatic hydroxyl groups excluding tert-OH is 2. The van der Waals surface area contributed by atoms with Crippen molar-refractivity contribution in [3.05, 3.63) is 34.6 Å². The molecule has 1 unspecified atom stereocenters. The highest BCUT2D eigenvalue weighted by atomic mass is 16.4. The number of carbonyl (C=O) groups excluding carboxylic acids is 2. The Balaban J connectivity index is 3.42. The molecule has 0 aliphatic heterocycles. The average Bonchev–Trinajstić information content (AvgIpc) is 2.69. The summed E-state index contributed by atoms with van der Waals surface area (Å²) in [5.41, 5.74) is -0.651. The SMILES string of the molecule is CC(C)=CCC1C(=O)C(C(=O)C(C)C)=C(O)[C@]1(O)[C@H](O)CC=C(C)C. The molecular formula is C20H30O5. The van der Waals surface area contributed by atoms with E-state index in [4.69, 9.17) is 0 Å². The zero-order valence-electron chi connectivity index (χ0n) is 16.0. The summed E-state index contributed by atoms with van der Waals surface area (Å²) in [5.74, 6) is -3.40. The summed E-state index contributed by atoms with van der Waals surface area (Å²) in [6.07, 6.45) is 2.31. The second-order valence-corrected chi connectivity index (χ2v) is 7.53. The van der Waals surface area contributed by atoms with Gasteiger partial charge in [-0.1, -0.05) is 37.1 Å². The second kappa shape index (κ2) is 8.11. The highest BCUT2D eigenvalue weighted by Crippen LogP contribution is 2.43. The largest absolute Gasteiger partial charge is 0.508 e. The van der Waals surface area contributed by atoms with E-state index >= 15 is 0 Å². The number of carbonyl (C=O) groups is 2. The molecule has 1 aliphatic carbocycles. The number of aliphatic hydroxyl groups is 3. The van der Waals surface area contributed by atoms with Crippen LogP contribution in [-0.2, 0) is 9.59 Å². The summed E-state index contributed by atoms with van der Waals surface area (Å²) in [6.45, 7) is 10.6. The maximum absolute atomic E-state index is 12.8. The van der Waals surface area contributed by atoms with Crippen LogP contribution in [0.1, 0.15) is 54.4 Å². The van der Waals surface area contributed by atoms with Crippen molar-refractivity contribution in [3.8, 4) is 0 Å². The van der Waals surface area contributed by atoms with Crippen LogP contribution in [0.5, 0.6) is 0 Å². The van der Waals surface area contributed by atoms with Gasteiger partial charge in [-0.05, 0) is 40.5 Å². The van der Waals surface area contributed by atoms with Crippen LogP contribution in [0.3, 0.4) is 0 Å². The molecule has 0 amide bonds. The first-order valence-corrected chi connectivity index (χ1v) is 8.63. The minimum absolute atomic E-state index is 0.0741. The highest BCUT2D eigenvalue weighted by molar-refractivity contribution is 6.24. The second-order valence-electron chi connectivity index (χ2n) is 7.53. The molecule has 0 fully saturated rings. The average molecular weight is 350 g/mol. The van der Waals surface area contributed by atoms with Crippen molar-refractivity contribution in [2.24, 2.45) is 11.8 Å². The van der Waals surface area contributed by atoms with Crippen LogP contribution in [0.2, 0.25) is 0 Å². The van der Waals surface area contributed by atoms with Gasteiger partial charge < -0.3 is 15.3 Å². The van der Waals surface area contributed by atoms with E-state index in [1.165, 1.54) is 0 Å². The van der Waals surface area contributed by atoms with Crippen LogP contribution in [-0.4, -0.2) is 38.6 Å². The molecule has 0 heterocycles. The molecule has 0 spiro atoms. The van der Waals surface area contributed by atoms with E-state index in [2.05, 4.69) is 0 Å². The molecule has 1 rings (SSSR count). The Kier molecular flexibility index (Phi) is 6.91. The van der Waals surface area contributed by atoms with Crippen molar-refractivity contribution in [2.75, 3.05) is 0 Å². The molecule has 0 bridgehead atoms. The number of Topliss-reactive ketones (excluding diaryl/α,β-unsaturated/α-hetero) is 2. The Labute approximate surface area is 149 Å². The van der Waals surface area contributed by atoms with Crippen molar-refractivity contribution >= 4 is 11.6 Å². The number of ketones is 2. The maximum Gasteiger partial charge on any atom is 0.176 e. The van der Waals surface area contributed by atoms with Gasteiger partial charge in [0.2, 0.25) is 0 Å². The Hall–Kier alpha value is -1.72. The third-order valence-electron chi connectivity index (χ3n) is 4.50. The van der Waals surface area contributed by atoms with Crippen LogP contribution < -0.4 is 0 Å². The van der Waals surface area contributed by atoms with Gasteiger partial charge in [0.25, 0.3) is 0 Å². The summed E-state index contributed by atoms with van der Waals surface area (Å²) in [5, 5.41) is 32.2. The van der Waals surface area contributed by atoms with E-state index in [0.29, 0.717) is 0 Å². The number of rotatable bonds is 7. The Morgan fingerprint density at radius 2 is 1.68 bits per heavy atom. The summed E-state index contributed by atoms with van der Waals surface area (Å²) in [4.78, 5) is 25.1. The summed E-state index contributed by atoms with van der Waals surface area (Å²) < 4.78 is 0. The van der Waals surface area contributed by atoms with Crippen LogP contribution in [0.25, 0.3) is 0 Å². The van der Waals surface area contributed by atoms with Crippen LogP contribution >= 0.6 is 0 Å². The molecule has 140 valence electrons. The van der Waals surface area contributed by atoms with Crippen molar-refractivity contribution in [2.45, 2.75) is 66.1 Å². The smallest absolute Gasteiger partial charge is 0.176 e. The minimum atomic E-state index is -2.16. The molecule has 5 heteroatoms. The molecule has 0 saturated heterocycles. The van der Waals surface area contributed by atoms with E-state index < -0.39 is 40.9 Å². The fourth-order valence-electron chi connectivity index (χ4n) is 2.94. The molecule has 0 aromatic rings. The minimum Gasteiger partial charge on any atom is -0.508 e. The van der Waals surface area contributed by atoms with E-state index in [1.807, 2.05) is 27.7 Å². The first-order chi connectivity index (χ1) is 11.4. The number of allylic oxidation sites excluding steroid dienone is 4. The van der Waals surface area contributed by atoms with E-state index in [0.717, 1.165) is 11.1 Å². The normalized spacial score (nSPS) is 24.5. The lowest BCUT2D eigenvalue weighted by Gasteiger charge is -2.33. The van der Waals surface area contributed by atoms with Gasteiger partial charge in [-0.2, -0.15) is 0 Å². The summed E-state index contributed by atoms with van der Waals surface area (Å²) in [7, 11) is 0. The lowest BCUT2D eigenvalue weighted by atomic mass is 9.80. The first kappa shape index (κ1) is 21.3. The molecular weight excluding hydrogens is 320 g/mol. The Bertz CT molecular complexity index is 630. The van der Waals surface area contributed by atoms with Gasteiger partial charge in [-0.3, -0.25) is 9.59 Å². The van der Waals surface area contributed by atoms with Crippen LogP contribution in [0.4, 0.5) is 0 Å². The monoisotopic (exact) mass is 350 g/mol. The van der Waals surface area contributed by atoms with Crippen molar-refractivity contribution in [1.82, 2.24) is 0 Å². The van der Waals surface area contributed by atoms with Gasteiger partial charge in [0.05, 0.1) is 12.0 Å². The van der Waals surface area contributed by atoms with Gasteiger partial charge in [0, 0.05) is 5.92 Å². The third-order valence-corrected chi connectivity index (χ3v) is 4.50. The van der Waals surface area contributed by atoms with Gasteiger partial charge in [0.15, 0.2) is 17.2 Å². The molecule has 3 N–H and O–H groups in total. The van der Waals surface area contributed by atoms with Crippen molar-refractivity contribution in [1.29, 1.82) is 0 Å². The topological polar surface area (TPSA) is 94.8 Å². The fourth-order valence-corrected chi connectivity index (χ4v) is 2.94. The zero-order chi connectivity index (χ0) is 19.5. The molecule has 0 radical (unpaired) electrons. The van der Waals surface area contributed by atoms with Gasteiger partial charge >= 0.3 is 0 Å². The Morgan fingerprint density at radius 1 is 1.16 bits per heavy atom. The standard InChI is InChI=1S/C20H30O5/c1-11(2)7-9-14-18(23)16(17(22)13(5)6)19(24)20(14,25)15(21)10-8-12(3)4/h7-8,13-15,21,24-25H,9-10H2,1-6H3/t14?,15-,20-/m1/s1. The third kappa shape index (κ3) is 4.28. The van der Waals surface area contributed by atoms with Crippen LogP contribution in [0, 0.1) is 11.8 Å². The van der Waals surface area contributed by atoms with Gasteiger partial charge in [-0.25, -0.2) is 0 Å². The lowest BCUT2D eigenvalue weighted by molar-refractivity contribution is -0.134. The summed E-state index contributed by atoms with van der Waals surface area (Å²) >= 11 is 0. The highest BCUT2D eigenvalue weighted by Gasteiger charge is 2.58. The molecule has 0 aromatic carbocycles. The zero-order valence-corrected chi connectivity index (χ0v) is 16.0. The maximum atomic E-state index is 12.8. The summed E-state index contributed by atoms with van der Waals surface area (Å²) in [6, 6.07) is 0. The molecule has 1 aliphatic rings. The fraction of sp³-hybridized carbons (Fsp3) is 0.600. The first-order valence-electron chi connectivity index (χ1n) is 8.63. The molecule has 0 aromatic heterocycles. The van der Waals surface area contributed by atoms with Gasteiger partial charge in [0.1, 0.15) is 11.3 Å². The van der Waals surface area contributed by atoms with E-state index in [-0.39, 0.29) is 18.4 Å². The Morgan fingerprint density at radius 3 is 2.12 bits per heavy atom. The molecule has 0 saturated carbocycles. The molecule has 3 atom stereocenters. The van der Waals surface area contributed by atoms with Crippen molar-refractivity contribution in [3.63, 3.8) is 0 Å². The number of hydrogen-bond acceptors (Lipinski definition) is 5. The predicted molar refractivity (Wildman–Crippen MR) is 97.0 cm³/mol. The van der Waals surface area contributed by atoms with Crippen LogP contribution in [0.15, 0.2) is 34.6 Å². The molecule has 5 nitrogen and oxygen atoms in total. The van der Waals surface area contributed by atoms with E-state index in [1.54, 1.807) is 26.0 Å². The van der Waals surface area contributed by atoms with Crippen molar-refractivity contribution < 1.29 is 24.9 Å². The molecule has 25 heavy (non-hydrogen) atoms. The predicted octanol–water partition coefficient (Wildman–Crippen LogP) is 3.03.